The quantitative estimate of drug-likeness (QED) is 0.897. The average Bonchev–Trinajstić information content (AvgIpc) is 2.90. The third-order valence-corrected chi connectivity index (χ3v) is 3.44. The topological polar surface area (TPSA) is 62.4 Å². The van der Waals surface area contributed by atoms with E-state index >= 15 is 0 Å². The molecule has 0 bridgehead atoms. The third-order valence-electron chi connectivity index (χ3n) is 2.68. The number of methoxy groups -OCH3 is 1. The lowest BCUT2D eigenvalue weighted by atomic mass is 9.96. The molecule has 0 atom stereocenters. The van der Waals surface area contributed by atoms with Crippen molar-refractivity contribution in [2.45, 2.75) is 20.4 Å². The maximum atomic E-state index is 8.96. The Hall–Kier alpha value is -1.58. The van der Waals surface area contributed by atoms with Crippen molar-refractivity contribution in [3.05, 3.63) is 17.3 Å². The maximum absolute atomic E-state index is 8.96. The largest absolute Gasteiger partial charge is 0.480 e. The highest BCUT2D eigenvalue weighted by molar-refractivity contribution is 7.15. The zero-order chi connectivity index (χ0) is 13.2. The number of nitrogens with zero attached hydrogens (tertiary/aromatic N) is 3. The van der Waals surface area contributed by atoms with Gasteiger partial charge < -0.3 is 10.1 Å². The van der Waals surface area contributed by atoms with Crippen molar-refractivity contribution in [2.24, 2.45) is 5.41 Å². The van der Waals surface area contributed by atoms with Gasteiger partial charge in [0.1, 0.15) is 5.69 Å². The highest BCUT2D eigenvalue weighted by Crippen LogP contribution is 2.23. The van der Waals surface area contributed by atoms with Crippen LogP contribution < -0.4 is 10.1 Å². The predicted molar refractivity (Wildman–Crippen MR) is 70.7 cm³/mol. The molecule has 2 aromatic rings. The fraction of sp³-hybridized carbons (Fsp3) is 0.500. The van der Waals surface area contributed by atoms with E-state index in [9.17, 15) is 0 Å². The first-order chi connectivity index (χ1) is 8.57. The van der Waals surface area contributed by atoms with E-state index in [1.807, 2.05) is 29.8 Å². The molecular weight excluding hydrogens is 248 g/mol. The lowest BCUT2D eigenvalue weighted by molar-refractivity contribution is 0.388. The molecule has 2 heterocycles. The van der Waals surface area contributed by atoms with Gasteiger partial charge in [-0.1, -0.05) is 0 Å². The Labute approximate surface area is 110 Å². The first kappa shape index (κ1) is 12.9. The smallest absolute Gasteiger partial charge is 0.237 e. The molecule has 0 radical (unpaired) electrons. The van der Waals surface area contributed by atoms with Gasteiger partial charge in [-0.2, -0.15) is 10.2 Å². The molecule has 96 valence electrons. The third kappa shape index (κ3) is 2.47. The molecule has 0 saturated heterocycles. The van der Waals surface area contributed by atoms with Crippen LogP contribution in [0.3, 0.4) is 0 Å². The summed E-state index contributed by atoms with van der Waals surface area (Å²) in [7, 11) is 1.62. The minimum atomic E-state index is -0.369. The Kier molecular flexibility index (Phi) is 3.55. The molecule has 0 saturated carbocycles. The van der Waals surface area contributed by atoms with Crippen LogP contribution in [0.5, 0.6) is 5.88 Å². The van der Waals surface area contributed by atoms with Crippen molar-refractivity contribution in [1.29, 1.82) is 5.26 Å². The van der Waals surface area contributed by atoms with Crippen LogP contribution in [0.4, 0.5) is 0 Å². The van der Waals surface area contributed by atoms with Crippen molar-refractivity contribution in [3.63, 3.8) is 0 Å². The second kappa shape index (κ2) is 4.96. The molecule has 1 N–H and O–H groups in total. The molecule has 0 aliphatic heterocycles. The number of ether oxygens (including phenoxy) is 1. The van der Waals surface area contributed by atoms with Crippen LogP contribution in [0.1, 0.15) is 19.5 Å². The van der Waals surface area contributed by atoms with Gasteiger partial charge in [0.15, 0.2) is 4.96 Å². The van der Waals surface area contributed by atoms with Crippen LogP contribution in [-0.4, -0.2) is 23.0 Å². The Morgan fingerprint density at radius 1 is 1.61 bits per heavy atom. The van der Waals surface area contributed by atoms with E-state index in [0.29, 0.717) is 19.0 Å². The molecule has 5 nitrogen and oxygen atoms in total. The Balaban J connectivity index is 2.11. The molecule has 0 aromatic carbocycles. The minimum absolute atomic E-state index is 0.369. The SMILES string of the molecule is COc1nc2sccn2c1CNCC(C)(C)C#N. The summed E-state index contributed by atoms with van der Waals surface area (Å²) in [4.78, 5) is 5.30. The van der Waals surface area contributed by atoms with Crippen molar-refractivity contribution in [1.82, 2.24) is 14.7 Å². The lowest BCUT2D eigenvalue weighted by Crippen LogP contribution is -2.28. The number of thiazole rings is 1. The van der Waals surface area contributed by atoms with Crippen molar-refractivity contribution >= 4 is 16.3 Å². The summed E-state index contributed by atoms with van der Waals surface area (Å²) >= 11 is 1.57. The fourth-order valence-electron chi connectivity index (χ4n) is 1.67. The van der Waals surface area contributed by atoms with Crippen LogP contribution in [0, 0.1) is 16.7 Å². The monoisotopic (exact) mass is 264 g/mol. The lowest BCUT2D eigenvalue weighted by Gasteiger charge is -2.15. The molecule has 0 aliphatic rings. The van der Waals surface area contributed by atoms with Gasteiger partial charge in [-0.3, -0.25) is 4.40 Å². The maximum Gasteiger partial charge on any atom is 0.237 e. The zero-order valence-corrected chi connectivity index (χ0v) is 11.5. The number of nitriles is 1. The average molecular weight is 264 g/mol. The van der Waals surface area contributed by atoms with E-state index in [4.69, 9.17) is 10.00 Å². The summed E-state index contributed by atoms with van der Waals surface area (Å²) in [5, 5.41) is 14.2. The highest BCUT2D eigenvalue weighted by atomic mass is 32.1. The summed E-state index contributed by atoms with van der Waals surface area (Å²) in [6.45, 7) is 5.08. The first-order valence-corrected chi connectivity index (χ1v) is 6.56. The molecule has 0 fully saturated rings. The predicted octanol–water partition coefficient (Wildman–Crippen LogP) is 2.04. The van der Waals surface area contributed by atoms with Crippen molar-refractivity contribution < 1.29 is 4.74 Å². The summed E-state index contributed by atoms with van der Waals surface area (Å²) < 4.78 is 7.28. The molecule has 0 amide bonds. The molecule has 0 unspecified atom stereocenters. The molecule has 2 rings (SSSR count). The summed E-state index contributed by atoms with van der Waals surface area (Å²) in [6.07, 6.45) is 1.97. The minimum Gasteiger partial charge on any atom is -0.480 e. The Bertz CT molecular complexity index is 578. The number of nitrogens with one attached hydrogen (secondary N) is 1. The van der Waals surface area contributed by atoms with E-state index in [1.54, 1.807) is 18.4 Å². The normalized spacial score (nSPS) is 11.7. The summed E-state index contributed by atoms with van der Waals surface area (Å²) in [5.41, 5.74) is 0.619. The van der Waals surface area contributed by atoms with Gasteiger partial charge in [-0.05, 0) is 13.8 Å². The van der Waals surface area contributed by atoms with Crippen LogP contribution in [0.15, 0.2) is 11.6 Å². The zero-order valence-electron chi connectivity index (χ0n) is 10.7. The van der Waals surface area contributed by atoms with Gasteiger partial charge in [-0.15, -0.1) is 11.3 Å². The second-order valence-corrected chi connectivity index (χ2v) is 5.60. The van der Waals surface area contributed by atoms with Crippen molar-refractivity contribution in [3.8, 4) is 11.9 Å². The molecular formula is C12H16N4OS. The van der Waals surface area contributed by atoms with Gasteiger partial charge in [0.25, 0.3) is 0 Å². The Morgan fingerprint density at radius 3 is 3.06 bits per heavy atom. The van der Waals surface area contributed by atoms with Gasteiger partial charge in [-0.25, -0.2) is 0 Å². The van der Waals surface area contributed by atoms with Crippen LogP contribution in [0.2, 0.25) is 0 Å². The summed E-state index contributed by atoms with van der Waals surface area (Å²) in [5.74, 6) is 0.643. The van der Waals surface area contributed by atoms with Crippen LogP contribution in [-0.2, 0) is 6.54 Å². The number of rotatable bonds is 5. The van der Waals surface area contributed by atoms with Gasteiger partial charge in [0.2, 0.25) is 5.88 Å². The first-order valence-electron chi connectivity index (χ1n) is 5.68. The molecule has 18 heavy (non-hydrogen) atoms. The summed E-state index contributed by atoms with van der Waals surface area (Å²) in [6, 6.07) is 2.27. The van der Waals surface area contributed by atoms with Gasteiger partial charge in [0.05, 0.1) is 18.6 Å². The number of aromatic nitrogens is 2. The van der Waals surface area contributed by atoms with Gasteiger partial charge in [0, 0.05) is 24.7 Å². The van der Waals surface area contributed by atoms with Crippen molar-refractivity contribution in [2.75, 3.05) is 13.7 Å². The van der Waals surface area contributed by atoms with E-state index < -0.39 is 0 Å². The molecule has 0 aliphatic carbocycles. The number of hydrogen-bond acceptors (Lipinski definition) is 5. The van der Waals surface area contributed by atoms with Crippen LogP contribution >= 0.6 is 11.3 Å². The fourth-order valence-corrected chi connectivity index (χ4v) is 2.39. The second-order valence-electron chi connectivity index (χ2n) is 4.72. The number of hydrogen-bond donors (Lipinski definition) is 1. The standard InChI is InChI=1S/C12H16N4OS/c1-12(2,7-13)8-14-6-9-10(17-3)15-11-16(9)4-5-18-11/h4-5,14H,6,8H2,1-3H3. The molecule has 0 spiro atoms. The van der Waals surface area contributed by atoms with E-state index in [2.05, 4.69) is 16.4 Å². The van der Waals surface area contributed by atoms with E-state index in [-0.39, 0.29) is 5.41 Å². The van der Waals surface area contributed by atoms with E-state index in [0.717, 1.165) is 10.7 Å². The Morgan fingerprint density at radius 2 is 2.39 bits per heavy atom. The number of imidazole rings is 1. The molecule has 2 aromatic heterocycles. The van der Waals surface area contributed by atoms with Crippen LogP contribution in [0.25, 0.3) is 4.96 Å². The highest BCUT2D eigenvalue weighted by Gasteiger charge is 2.18. The van der Waals surface area contributed by atoms with E-state index in [1.165, 1.54) is 0 Å². The molecule has 6 heteroatoms. The number of fused-ring (bicyclic) bond motifs is 1. The van der Waals surface area contributed by atoms with Gasteiger partial charge >= 0.3 is 0 Å².